The number of benzene rings is 1. The number of nitrogen functional groups attached to an aromatic ring is 1. The number of hydrogen-bond acceptors (Lipinski definition) is 5. The van der Waals surface area contributed by atoms with Gasteiger partial charge in [-0.15, -0.1) is 5.10 Å². The summed E-state index contributed by atoms with van der Waals surface area (Å²) in [6, 6.07) is 7.03. The van der Waals surface area contributed by atoms with E-state index in [2.05, 4.69) is 31.3 Å². The molecule has 1 aromatic heterocycles. The molecule has 1 aliphatic heterocycles. The van der Waals surface area contributed by atoms with E-state index in [1.165, 1.54) is 0 Å². The molecule has 2 heterocycles. The van der Waals surface area contributed by atoms with E-state index in [1.807, 2.05) is 0 Å². The predicted molar refractivity (Wildman–Crippen MR) is 70.6 cm³/mol. The van der Waals surface area contributed by atoms with Gasteiger partial charge in [-0.1, -0.05) is 34.1 Å². The number of nitrogens with two attached hydrogens (primary N) is 1. The minimum atomic E-state index is -0.968. The summed E-state index contributed by atoms with van der Waals surface area (Å²) in [5.41, 5.74) is 6.00. The highest BCUT2D eigenvalue weighted by Gasteiger charge is 2.38. The number of rotatable bonds is 1. The summed E-state index contributed by atoms with van der Waals surface area (Å²) < 4.78 is 1.70. The molecule has 19 heavy (non-hydrogen) atoms. The number of carbonyl (C=O) groups is 2. The van der Waals surface area contributed by atoms with Crippen LogP contribution in [0.3, 0.4) is 0 Å². The van der Waals surface area contributed by atoms with Crippen molar-refractivity contribution in [3.05, 3.63) is 34.3 Å². The molecule has 0 saturated heterocycles. The second-order valence-electron chi connectivity index (χ2n) is 3.99. The van der Waals surface area contributed by atoms with Gasteiger partial charge in [0, 0.05) is 4.47 Å². The first kappa shape index (κ1) is 11.8. The monoisotopic (exact) mass is 321 g/mol. The molecule has 2 aromatic rings. The van der Waals surface area contributed by atoms with Crippen molar-refractivity contribution in [3.8, 4) is 0 Å². The lowest BCUT2D eigenvalue weighted by atomic mass is 9.96. The number of nitrogens with zero attached hydrogens (tertiary/aromatic N) is 3. The van der Waals surface area contributed by atoms with Crippen molar-refractivity contribution in [2.24, 2.45) is 0 Å². The molecule has 96 valence electrons. The van der Waals surface area contributed by atoms with Crippen LogP contribution < -0.4 is 11.1 Å². The van der Waals surface area contributed by atoms with Gasteiger partial charge in [-0.05, 0) is 11.6 Å². The van der Waals surface area contributed by atoms with Gasteiger partial charge >= 0.3 is 0 Å². The molecular weight excluding hydrogens is 314 g/mol. The van der Waals surface area contributed by atoms with Gasteiger partial charge < -0.3 is 5.73 Å². The van der Waals surface area contributed by atoms with Gasteiger partial charge in [0.2, 0.25) is 17.8 Å². The highest BCUT2D eigenvalue weighted by atomic mass is 79.9. The molecule has 3 rings (SSSR count). The number of hydrogen-bond donors (Lipinski definition) is 2. The quantitative estimate of drug-likeness (QED) is 0.763. The highest BCUT2D eigenvalue weighted by Crippen LogP contribution is 2.30. The SMILES string of the molecule is Nc1nc2n(n1)C(=O)C(c1ccccc1Br)C(=O)N2. The Morgan fingerprint density at radius 1 is 1.32 bits per heavy atom. The number of amides is 1. The Balaban J connectivity index is 2.12. The smallest absolute Gasteiger partial charge is 0.267 e. The Morgan fingerprint density at radius 3 is 2.79 bits per heavy atom. The fourth-order valence-electron chi connectivity index (χ4n) is 1.96. The number of anilines is 2. The maximum atomic E-state index is 12.3. The van der Waals surface area contributed by atoms with Gasteiger partial charge in [-0.3, -0.25) is 14.9 Å². The molecule has 1 unspecified atom stereocenters. The molecule has 3 N–H and O–H groups in total. The summed E-state index contributed by atoms with van der Waals surface area (Å²) in [4.78, 5) is 28.1. The van der Waals surface area contributed by atoms with Gasteiger partial charge in [0.1, 0.15) is 5.92 Å². The third-order valence-electron chi connectivity index (χ3n) is 2.79. The lowest BCUT2D eigenvalue weighted by molar-refractivity contribution is -0.117. The van der Waals surface area contributed by atoms with Crippen molar-refractivity contribution in [2.75, 3.05) is 11.1 Å². The summed E-state index contributed by atoms with van der Waals surface area (Å²) in [5.74, 6) is -1.90. The first-order chi connectivity index (χ1) is 9.08. The van der Waals surface area contributed by atoms with E-state index in [0.29, 0.717) is 10.0 Å². The molecule has 0 saturated carbocycles. The summed E-state index contributed by atoms with van der Waals surface area (Å²) in [6.07, 6.45) is 0. The zero-order valence-corrected chi connectivity index (χ0v) is 11.1. The minimum Gasteiger partial charge on any atom is -0.366 e. The Hall–Kier alpha value is -2.22. The van der Waals surface area contributed by atoms with Crippen LogP contribution in [-0.2, 0) is 4.79 Å². The maximum absolute atomic E-state index is 12.3. The fraction of sp³-hybridized carbons (Fsp3) is 0.0909. The molecule has 7 nitrogen and oxygen atoms in total. The zero-order chi connectivity index (χ0) is 13.6. The molecule has 1 atom stereocenters. The van der Waals surface area contributed by atoms with Crippen molar-refractivity contribution in [1.82, 2.24) is 14.8 Å². The molecule has 0 aliphatic carbocycles. The van der Waals surface area contributed by atoms with Crippen molar-refractivity contribution in [2.45, 2.75) is 5.92 Å². The highest BCUT2D eigenvalue weighted by molar-refractivity contribution is 9.10. The van der Waals surface area contributed by atoms with Crippen LogP contribution in [0.5, 0.6) is 0 Å². The first-order valence-electron chi connectivity index (χ1n) is 5.40. The minimum absolute atomic E-state index is 0.0517. The van der Waals surface area contributed by atoms with Crippen LogP contribution in [0.4, 0.5) is 11.9 Å². The fourth-order valence-corrected chi connectivity index (χ4v) is 2.48. The largest absolute Gasteiger partial charge is 0.366 e. The van der Waals surface area contributed by atoms with E-state index >= 15 is 0 Å². The number of nitrogens with one attached hydrogen (secondary N) is 1. The van der Waals surface area contributed by atoms with Crippen molar-refractivity contribution >= 4 is 39.6 Å². The van der Waals surface area contributed by atoms with E-state index < -0.39 is 17.7 Å². The van der Waals surface area contributed by atoms with E-state index in [9.17, 15) is 9.59 Å². The third kappa shape index (κ3) is 1.80. The van der Waals surface area contributed by atoms with Crippen LogP contribution in [0.1, 0.15) is 16.3 Å². The zero-order valence-electron chi connectivity index (χ0n) is 9.50. The predicted octanol–water partition coefficient (Wildman–Crippen LogP) is 0.999. The first-order valence-corrected chi connectivity index (χ1v) is 6.19. The van der Waals surface area contributed by atoms with Gasteiger partial charge in [-0.2, -0.15) is 9.67 Å². The van der Waals surface area contributed by atoms with Crippen LogP contribution in [0, 0.1) is 0 Å². The lowest BCUT2D eigenvalue weighted by Crippen LogP contribution is -2.38. The van der Waals surface area contributed by atoms with Gasteiger partial charge in [0.05, 0.1) is 0 Å². The summed E-state index contributed by atoms with van der Waals surface area (Å²) in [5, 5.41) is 6.29. The van der Waals surface area contributed by atoms with E-state index in [4.69, 9.17) is 5.73 Å². The number of fused-ring (bicyclic) bond motifs is 1. The van der Waals surface area contributed by atoms with Crippen molar-refractivity contribution in [3.63, 3.8) is 0 Å². The van der Waals surface area contributed by atoms with E-state index in [-0.39, 0.29) is 11.9 Å². The maximum Gasteiger partial charge on any atom is 0.267 e. The summed E-state index contributed by atoms with van der Waals surface area (Å²) in [6.45, 7) is 0. The second kappa shape index (κ2) is 4.16. The Labute approximate surface area is 115 Å². The Morgan fingerprint density at radius 2 is 2.05 bits per heavy atom. The number of carbonyl (C=O) groups excluding carboxylic acids is 2. The summed E-state index contributed by atoms with van der Waals surface area (Å²) >= 11 is 3.33. The Bertz CT molecular complexity index is 696. The molecule has 0 bridgehead atoms. The standard InChI is InChI=1S/C11H8BrN5O2/c12-6-4-2-1-3-5(6)7-8(18)14-11-15-10(13)16-17(11)9(7)19/h1-4,7H,(H3,13,14,15,16,18). The van der Waals surface area contributed by atoms with Gasteiger partial charge in [0.15, 0.2) is 0 Å². The number of halogens is 1. The Kier molecular flexibility index (Phi) is 2.59. The average molecular weight is 322 g/mol. The summed E-state index contributed by atoms with van der Waals surface area (Å²) in [7, 11) is 0. The van der Waals surface area contributed by atoms with E-state index in [1.54, 1.807) is 24.3 Å². The van der Waals surface area contributed by atoms with Crippen molar-refractivity contribution < 1.29 is 9.59 Å². The average Bonchev–Trinajstić information content (AvgIpc) is 2.72. The second-order valence-corrected chi connectivity index (χ2v) is 4.84. The molecule has 0 radical (unpaired) electrons. The molecule has 1 aromatic carbocycles. The van der Waals surface area contributed by atoms with E-state index in [0.717, 1.165) is 4.68 Å². The van der Waals surface area contributed by atoms with Crippen LogP contribution in [0.2, 0.25) is 0 Å². The molecule has 1 aliphatic rings. The normalized spacial score (nSPS) is 18.1. The van der Waals surface area contributed by atoms with Gasteiger partial charge in [-0.25, -0.2) is 0 Å². The molecule has 8 heteroatoms. The lowest BCUT2D eigenvalue weighted by Gasteiger charge is -2.21. The molecule has 0 fully saturated rings. The number of aromatic nitrogens is 3. The topological polar surface area (TPSA) is 103 Å². The van der Waals surface area contributed by atoms with Crippen LogP contribution in [0.15, 0.2) is 28.7 Å². The van der Waals surface area contributed by atoms with Crippen LogP contribution in [0.25, 0.3) is 0 Å². The molecular formula is C11H8BrN5O2. The molecule has 0 spiro atoms. The molecule has 1 amide bonds. The van der Waals surface area contributed by atoms with Crippen LogP contribution >= 0.6 is 15.9 Å². The van der Waals surface area contributed by atoms with Crippen LogP contribution in [-0.4, -0.2) is 26.6 Å². The third-order valence-corrected chi connectivity index (χ3v) is 3.51. The van der Waals surface area contributed by atoms with Crippen molar-refractivity contribution in [1.29, 1.82) is 0 Å². The van der Waals surface area contributed by atoms with Gasteiger partial charge in [0.25, 0.3) is 5.91 Å².